The van der Waals surface area contributed by atoms with E-state index in [4.69, 9.17) is 11.6 Å². The average Bonchev–Trinajstić information content (AvgIpc) is 2.81. The zero-order chi connectivity index (χ0) is 27.1. The Morgan fingerprint density at radius 3 is 2.59 bits per heavy atom. The van der Waals surface area contributed by atoms with Crippen LogP contribution in [0.25, 0.3) is 22.3 Å². The number of hydrogen-bond acceptors (Lipinski definition) is 5. The van der Waals surface area contributed by atoms with Crippen LogP contribution in [0.3, 0.4) is 0 Å². The Balaban J connectivity index is 1.82. The van der Waals surface area contributed by atoms with Crippen molar-refractivity contribution >= 4 is 34.1 Å². The van der Waals surface area contributed by atoms with Gasteiger partial charge in [0.25, 0.3) is 5.56 Å². The molecule has 3 aromatic rings. The molecule has 4 rings (SSSR count). The highest BCUT2D eigenvalue weighted by Crippen LogP contribution is 2.30. The predicted molar refractivity (Wildman–Crippen MR) is 134 cm³/mol. The first kappa shape index (κ1) is 26.9. The molecule has 1 aliphatic rings. The van der Waals surface area contributed by atoms with Crippen LogP contribution in [0.4, 0.5) is 23.2 Å². The van der Waals surface area contributed by atoms with Crippen molar-refractivity contribution in [1.29, 1.82) is 0 Å². The standard InChI is InChI=1S/C25H26ClF4N5O2/c1-14-12-34(9-8-31-14)16-5-7-20-17(11-16)23(37)35(13-21(36)33-24(2,3)25(28,29)30)22(32-20)15-4-6-19(27)18(26)10-15/h4-7,10-11,14,31H,8-9,12-13H2,1-3H3,(H,33,36)/t14-/m1/s1. The maximum atomic E-state index is 13.8. The molecule has 1 fully saturated rings. The summed E-state index contributed by atoms with van der Waals surface area (Å²) in [5.41, 5.74) is -1.81. The third-order valence-corrected chi connectivity index (χ3v) is 6.60. The van der Waals surface area contributed by atoms with Gasteiger partial charge >= 0.3 is 6.18 Å². The summed E-state index contributed by atoms with van der Waals surface area (Å²) in [5.74, 6) is -1.75. The second-order valence-electron chi connectivity index (χ2n) is 9.63. The number of rotatable bonds is 5. The summed E-state index contributed by atoms with van der Waals surface area (Å²) < 4.78 is 54.8. The Hall–Kier alpha value is -3.18. The lowest BCUT2D eigenvalue weighted by Crippen LogP contribution is -2.55. The highest BCUT2D eigenvalue weighted by atomic mass is 35.5. The molecule has 0 saturated carbocycles. The summed E-state index contributed by atoms with van der Waals surface area (Å²) in [6.45, 7) is 5.17. The minimum atomic E-state index is -4.71. The van der Waals surface area contributed by atoms with Crippen molar-refractivity contribution in [2.45, 2.75) is 45.1 Å². The zero-order valence-electron chi connectivity index (χ0n) is 20.4. The zero-order valence-corrected chi connectivity index (χ0v) is 21.2. The van der Waals surface area contributed by atoms with Gasteiger partial charge in [-0.1, -0.05) is 11.6 Å². The predicted octanol–water partition coefficient (Wildman–Crippen LogP) is 4.11. The number of hydrogen-bond donors (Lipinski definition) is 2. The van der Waals surface area contributed by atoms with Crippen LogP contribution in [-0.2, 0) is 11.3 Å². The number of nitrogens with one attached hydrogen (secondary N) is 2. The minimum Gasteiger partial charge on any atom is -0.369 e. The quantitative estimate of drug-likeness (QED) is 0.477. The van der Waals surface area contributed by atoms with Gasteiger partial charge in [0.2, 0.25) is 5.91 Å². The van der Waals surface area contributed by atoms with E-state index in [-0.39, 0.29) is 27.8 Å². The molecule has 198 valence electrons. The number of amides is 1. The monoisotopic (exact) mass is 539 g/mol. The maximum Gasteiger partial charge on any atom is 0.410 e. The number of carbonyl (C=O) groups is 1. The number of aromatic nitrogens is 2. The molecule has 0 aliphatic carbocycles. The van der Waals surface area contributed by atoms with Gasteiger partial charge in [-0.2, -0.15) is 13.2 Å². The lowest BCUT2D eigenvalue weighted by molar-refractivity contribution is -0.188. The number of piperazine rings is 1. The van der Waals surface area contributed by atoms with Crippen molar-refractivity contribution < 1.29 is 22.4 Å². The van der Waals surface area contributed by atoms with Gasteiger partial charge in [0.05, 0.1) is 15.9 Å². The molecule has 1 atom stereocenters. The third-order valence-electron chi connectivity index (χ3n) is 6.31. The van der Waals surface area contributed by atoms with E-state index in [1.807, 2.05) is 18.3 Å². The van der Waals surface area contributed by atoms with Crippen LogP contribution in [0.5, 0.6) is 0 Å². The van der Waals surface area contributed by atoms with Gasteiger partial charge in [0, 0.05) is 36.9 Å². The Labute approximate surface area is 215 Å². The molecular formula is C25H26ClF4N5O2. The van der Waals surface area contributed by atoms with Gasteiger partial charge in [0.1, 0.15) is 23.7 Å². The lowest BCUT2D eigenvalue weighted by Gasteiger charge is -2.33. The molecule has 12 heteroatoms. The fourth-order valence-electron chi connectivity index (χ4n) is 4.18. The van der Waals surface area contributed by atoms with Crippen LogP contribution in [-0.4, -0.2) is 52.8 Å². The number of alkyl halides is 3. The second kappa shape index (κ2) is 9.94. The molecule has 2 heterocycles. The number of benzene rings is 2. The van der Waals surface area contributed by atoms with Gasteiger partial charge in [-0.3, -0.25) is 14.2 Å². The van der Waals surface area contributed by atoms with Crippen LogP contribution in [0, 0.1) is 5.82 Å². The van der Waals surface area contributed by atoms with E-state index in [9.17, 15) is 27.2 Å². The summed E-state index contributed by atoms with van der Waals surface area (Å²) in [7, 11) is 0. The molecule has 0 radical (unpaired) electrons. The minimum absolute atomic E-state index is 0.0251. The number of carbonyl (C=O) groups excluding carboxylic acids is 1. The molecule has 0 unspecified atom stereocenters. The number of anilines is 1. The second-order valence-corrected chi connectivity index (χ2v) is 10.0. The van der Waals surface area contributed by atoms with E-state index in [2.05, 4.69) is 15.2 Å². The smallest absolute Gasteiger partial charge is 0.369 e. The maximum absolute atomic E-state index is 13.8. The van der Waals surface area contributed by atoms with E-state index in [0.29, 0.717) is 12.1 Å². The SMILES string of the molecule is C[C@@H]1CN(c2ccc3nc(-c4ccc(F)c(Cl)c4)n(CC(=O)NC(C)(C)C(F)(F)F)c(=O)c3c2)CCN1. The van der Waals surface area contributed by atoms with Crippen molar-refractivity contribution in [3.05, 3.63) is 57.6 Å². The van der Waals surface area contributed by atoms with E-state index < -0.39 is 35.5 Å². The summed E-state index contributed by atoms with van der Waals surface area (Å²) >= 11 is 5.93. The molecule has 2 aromatic carbocycles. The van der Waals surface area contributed by atoms with Gasteiger partial charge in [-0.05, 0) is 57.2 Å². The molecule has 0 spiro atoms. The number of nitrogens with zero attached hydrogens (tertiary/aromatic N) is 3. The summed E-state index contributed by atoms with van der Waals surface area (Å²) in [5, 5.41) is 5.24. The van der Waals surface area contributed by atoms with E-state index >= 15 is 0 Å². The van der Waals surface area contributed by atoms with Crippen molar-refractivity contribution in [3.63, 3.8) is 0 Å². The highest BCUT2D eigenvalue weighted by molar-refractivity contribution is 6.31. The van der Waals surface area contributed by atoms with Gasteiger partial charge in [0.15, 0.2) is 0 Å². The van der Waals surface area contributed by atoms with Crippen LogP contribution in [0.15, 0.2) is 41.2 Å². The highest BCUT2D eigenvalue weighted by Gasteiger charge is 2.48. The fourth-order valence-corrected chi connectivity index (χ4v) is 4.36. The number of fused-ring (bicyclic) bond motifs is 1. The van der Waals surface area contributed by atoms with Crippen LogP contribution in [0.2, 0.25) is 5.02 Å². The van der Waals surface area contributed by atoms with Gasteiger partial charge in [-0.15, -0.1) is 0 Å². The lowest BCUT2D eigenvalue weighted by atomic mass is 10.1. The first-order chi connectivity index (χ1) is 17.3. The van der Waals surface area contributed by atoms with Gasteiger partial charge in [-0.25, -0.2) is 9.37 Å². The Morgan fingerprint density at radius 1 is 1.22 bits per heavy atom. The molecular weight excluding hydrogens is 514 g/mol. The van der Waals surface area contributed by atoms with Crippen LogP contribution < -0.4 is 21.1 Å². The molecule has 0 bridgehead atoms. The summed E-state index contributed by atoms with van der Waals surface area (Å²) in [6.07, 6.45) is -4.71. The average molecular weight is 540 g/mol. The molecule has 1 saturated heterocycles. The van der Waals surface area contributed by atoms with E-state index in [1.54, 1.807) is 12.1 Å². The summed E-state index contributed by atoms with van der Waals surface area (Å²) in [4.78, 5) is 33.0. The molecule has 7 nitrogen and oxygen atoms in total. The molecule has 1 amide bonds. The van der Waals surface area contributed by atoms with Crippen LogP contribution in [0.1, 0.15) is 20.8 Å². The molecule has 1 aliphatic heterocycles. The first-order valence-electron chi connectivity index (χ1n) is 11.6. The van der Waals surface area contributed by atoms with E-state index in [1.165, 1.54) is 12.1 Å². The molecule has 37 heavy (non-hydrogen) atoms. The third kappa shape index (κ3) is 5.57. The normalized spacial score (nSPS) is 16.8. The van der Waals surface area contributed by atoms with Gasteiger partial charge < -0.3 is 15.5 Å². The Morgan fingerprint density at radius 2 is 1.95 bits per heavy atom. The van der Waals surface area contributed by atoms with Crippen LogP contribution >= 0.6 is 11.6 Å². The summed E-state index contributed by atoms with van der Waals surface area (Å²) in [6, 6.07) is 9.07. The molecule has 1 aromatic heterocycles. The van der Waals surface area contributed by atoms with Crippen molar-refractivity contribution in [2.24, 2.45) is 0 Å². The van der Waals surface area contributed by atoms with Crippen molar-refractivity contribution in [1.82, 2.24) is 20.2 Å². The fraction of sp³-hybridized carbons (Fsp3) is 0.400. The van der Waals surface area contributed by atoms with Crippen molar-refractivity contribution in [3.8, 4) is 11.4 Å². The number of halogens is 5. The molecule has 2 N–H and O–H groups in total. The Bertz CT molecular complexity index is 1410. The first-order valence-corrected chi connectivity index (χ1v) is 12.0. The largest absolute Gasteiger partial charge is 0.410 e. The topological polar surface area (TPSA) is 79.3 Å². The Kier molecular flexibility index (Phi) is 7.22. The van der Waals surface area contributed by atoms with Crippen molar-refractivity contribution in [2.75, 3.05) is 24.5 Å². The van der Waals surface area contributed by atoms with E-state index in [0.717, 1.165) is 43.3 Å².